The van der Waals surface area contributed by atoms with Crippen LogP contribution in [0.25, 0.3) is 0 Å². The fourth-order valence-electron chi connectivity index (χ4n) is 2.65. The summed E-state index contributed by atoms with van der Waals surface area (Å²) in [6.07, 6.45) is 0.0379. The van der Waals surface area contributed by atoms with Gasteiger partial charge in [0.25, 0.3) is 5.91 Å². The third kappa shape index (κ3) is 5.74. The number of amides is 1. The van der Waals surface area contributed by atoms with E-state index in [-0.39, 0.29) is 24.9 Å². The molecule has 2 aromatic rings. The number of hydrogen-bond donors (Lipinski definition) is 1. The first-order chi connectivity index (χ1) is 12.9. The van der Waals surface area contributed by atoms with E-state index in [1.54, 1.807) is 25.3 Å². The molecule has 2 aromatic carbocycles. The first kappa shape index (κ1) is 20.3. The van der Waals surface area contributed by atoms with Gasteiger partial charge < -0.3 is 19.5 Å². The fraction of sp³-hybridized carbons (Fsp3) is 0.333. The van der Waals surface area contributed by atoms with Crippen LogP contribution in [-0.4, -0.2) is 32.7 Å². The second kappa shape index (κ2) is 9.62. The highest BCUT2D eigenvalue weighted by atomic mass is 16.5. The van der Waals surface area contributed by atoms with Crippen molar-refractivity contribution in [3.63, 3.8) is 0 Å². The SMILES string of the molecule is COc1ccc(CC(=O)OCC(=O)Nc2ccccc2C(C)C)cc1OC. The van der Waals surface area contributed by atoms with E-state index in [0.717, 1.165) is 11.3 Å². The molecule has 0 heterocycles. The molecule has 1 amide bonds. The number of anilines is 1. The molecule has 0 saturated heterocycles. The van der Waals surface area contributed by atoms with Gasteiger partial charge in [-0.3, -0.25) is 9.59 Å². The Kier molecular flexibility index (Phi) is 7.23. The van der Waals surface area contributed by atoms with Crippen LogP contribution < -0.4 is 14.8 Å². The zero-order chi connectivity index (χ0) is 19.8. The van der Waals surface area contributed by atoms with E-state index in [9.17, 15) is 9.59 Å². The van der Waals surface area contributed by atoms with Crippen LogP contribution in [0.5, 0.6) is 11.5 Å². The standard InChI is InChI=1S/C21H25NO5/c1-14(2)16-7-5-6-8-17(16)22-20(23)13-27-21(24)12-15-9-10-18(25-3)19(11-15)26-4/h5-11,14H,12-13H2,1-4H3,(H,22,23). The van der Waals surface area contributed by atoms with Crippen molar-refractivity contribution >= 4 is 17.6 Å². The van der Waals surface area contributed by atoms with E-state index in [1.807, 2.05) is 38.1 Å². The number of esters is 1. The molecule has 2 rings (SSSR count). The number of ether oxygens (including phenoxy) is 3. The number of hydrogen-bond acceptors (Lipinski definition) is 5. The van der Waals surface area contributed by atoms with Crippen molar-refractivity contribution in [2.45, 2.75) is 26.2 Å². The van der Waals surface area contributed by atoms with Gasteiger partial charge in [-0.1, -0.05) is 38.1 Å². The lowest BCUT2D eigenvalue weighted by atomic mass is 10.0. The molecule has 0 aromatic heterocycles. The first-order valence-corrected chi connectivity index (χ1v) is 8.70. The van der Waals surface area contributed by atoms with Crippen LogP contribution in [0, 0.1) is 0 Å². The van der Waals surface area contributed by atoms with Gasteiger partial charge in [0.05, 0.1) is 20.6 Å². The first-order valence-electron chi connectivity index (χ1n) is 8.70. The van der Waals surface area contributed by atoms with Crippen LogP contribution in [0.1, 0.15) is 30.9 Å². The van der Waals surface area contributed by atoms with Crippen LogP contribution >= 0.6 is 0 Å². The van der Waals surface area contributed by atoms with E-state index in [2.05, 4.69) is 5.32 Å². The van der Waals surface area contributed by atoms with E-state index in [1.165, 1.54) is 7.11 Å². The van der Waals surface area contributed by atoms with E-state index < -0.39 is 5.97 Å². The number of para-hydroxylation sites is 1. The highest BCUT2D eigenvalue weighted by Crippen LogP contribution is 2.27. The van der Waals surface area contributed by atoms with Gasteiger partial charge in [0, 0.05) is 5.69 Å². The number of carbonyl (C=O) groups is 2. The Morgan fingerprint density at radius 2 is 1.70 bits per heavy atom. The molecule has 6 heteroatoms. The monoisotopic (exact) mass is 371 g/mol. The molecule has 0 aliphatic carbocycles. The van der Waals surface area contributed by atoms with Crippen LogP contribution in [0.15, 0.2) is 42.5 Å². The number of nitrogens with one attached hydrogen (secondary N) is 1. The number of benzene rings is 2. The Hall–Kier alpha value is -3.02. The largest absolute Gasteiger partial charge is 0.493 e. The van der Waals surface area contributed by atoms with Crippen molar-refractivity contribution in [1.29, 1.82) is 0 Å². The molecule has 27 heavy (non-hydrogen) atoms. The number of carbonyl (C=O) groups excluding carboxylic acids is 2. The molecule has 0 aliphatic rings. The molecule has 144 valence electrons. The third-order valence-electron chi connectivity index (χ3n) is 4.02. The number of methoxy groups -OCH3 is 2. The van der Waals surface area contributed by atoms with E-state index in [4.69, 9.17) is 14.2 Å². The topological polar surface area (TPSA) is 73.9 Å². The smallest absolute Gasteiger partial charge is 0.310 e. The molecule has 0 bridgehead atoms. The number of rotatable bonds is 8. The summed E-state index contributed by atoms with van der Waals surface area (Å²) < 4.78 is 15.5. The summed E-state index contributed by atoms with van der Waals surface area (Å²) in [6, 6.07) is 12.7. The lowest BCUT2D eigenvalue weighted by Gasteiger charge is -2.13. The summed E-state index contributed by atoms with van der Waals surface area (Å²) in [6.45, 7) is 3.76. The average Bonchev–Trinajstić information content (AvgIpc) is 2.66. The molecular weight excluding hydrogens is 346 g/mol. The van der Waals surface area contributed by atoms with Crippen molar-refractivity contribution in [1.82, 2.24) is 0 Å². The summed E-state index contributed by atoms with van der Waals surface area (Å²) in [5, 5.41) is 2.79. The van der Waals surface area contributed by atoms with Gasteiger partial charge >= 0.3 is 5.97 Å². The fourth-order valence-corrected chi connectivity index (χ4v) is 2.65. The van der Waals surface area contributed by atoms with Gasteiger partial charge in [0.1, 0.15) is 0 Å². The molecule has 0 unspecified atom stereocenters. The Balaban J connectivity index is 1.89. The normalized spacial score (nSPS) is 10.4. The van der Waals surface area contributed by atoms with E-state index >= 15 is 0 Å². The van der Waals surface area contributed by atoms with Gasteiger partial charge in [0.15, 0.2) is 18.1 Å². The molecule has 0 spiro atoms. The zero-order valence-corrected chi connectivity index (χ0v) is 16.1. The maximum atomic E-state index is 12.1. The molecule has 6 nitrogen and oxygen atoms in total. The zero-order valence-electron chi connectivity index (χ0n) is 16.1. The van der Waals surface area contributed by atoms with Crippen molar-refractivity contribution < 1.29 is 23.8 Å². The van der Waals surface area contributed by atoms with Crippen LogP contribution in [-0.2, 0) is 20.7 Å². The Morgan fingerprint density at radius 1 is 1.00 bits per heavy atom. The quantitative estimate of drug-likeness (QED) is 0.719. The molecular formula is C21H25NO5. The van der Waals surface area contributed by atoms with Crippen molar-refractivity contribution in [2.75, 3.05) is 26.1 Å². The highest BCUT2D eigenvalue weighted by molar-refractivity contribution is 5.93. The van der Waals surface area contributed by atoms with Crippen molar-refractivity contribution in [2.24, 2.45) is 0 Å². The lowest BCUT2D eigenvalue weighted by molar-refractivity contribution is -0.146. The second-order valence-corrected chi connectivity index (χ2v) is 6.32. The van der Waals surface area contributed by atoms with Gasteiger partial charge in [0.2, 0.25) is 0 Å². The van der Waals surface area contributed by atoms with Crippen molar-refractivity contribution in [3.8, 4) is 11.5 Å². The average molecular weight is 371 g/mol. The maximum Gasteiger partial charge on any atom is 0.310 e. The molecule has 0 saturated carbocycles. The predicted octanol–water partition coefficient (Wildman–Crippen LogP) is 3.55. The minimum absolute atomic E-state index is 0.0379. The van der Waals surface area contributed by atoms with E-state index in [0.29, 0.717) is 17.1 Å². The summed E-state index contributed by atoms with van der Waals surface area (Å²) in [5.41, 5.74) is 2.47. The molecule has 1 N–H and O–H groups in total. The van der Waals surface area contributed by atoms with Crippen LogP contribution in [0.4, 0.5) is 5.69 Å². The summed E-state index contributed by atoms with van der Waals surface area (Å²) in [5.74, 6) is 0.524. The molecule has 0 aliphatic heterocycles. The minimum atomic E-state index is -0.491. The van der Waals surface area contributed by atoms with Crippen molar-refractivity contribution in [3.05, 3.63) is 53.6 Å². The highest BCUT2D eigenvalue weighted by Gasteiger charge is 2.13. The van der Waals surface area contributed by atoms with Crippen LogP contribution in [0.2, 0.25) is 0 Å². The molecule has 0 atom stereocenters. The maximum absolute atomic E-state index is 12.1. The lowest BCUT2D eigenvalue weighted by Crippen LogP contribution is -2.22. The van der Waals surface area contributed by atoms with Gasteiger partial charge in [-0.15, -0.1) is 0 Å². The Morgan fingerprint density at radius 3 is 2.37 bits per heavy atom. The summed E-state index contributed by atoms with van der Waals surface area (Å²) in [7, 11) is 3.07. The second-order valence-electron chi connectivity index (χ2n) is 6.32. The minimum Gasteiger partial charge on any atom is -0.493 e. The van der Waals surface area contributed by atoms with Gasteiger partial charge in [-0.2, -0.15) is 0 Å². The third-order valence-corrected chi connectivity index (χ3v) is 4.02. The van der Waals surface area contributed by atoms with Crippen LogP contribution in [0.3, 0.4) is 0 Å². The molecule has 0 radical (unpaired) electrons. The Bertz CT molecular complexity index is 801. The Labute approximate surface area is 159 Å². The molecule has 0 fully saturated rings. The summed E-state index contributed by atoms with van der Waals surface area (Å²) in [4.78, 5) is 24.1. The van der Waals surface area contributed by atoms with Gasteiger partial charge in [-0.05, 0) is 35.2 Å². The predicted molar refractivity (Wildman–Crippen MR) is 103 cm³/mol. The van der Waals surface area contributed by atoms with Gasteiger partial charge in [-0.25, -0.2) is 0 Å². The summed E-state index contributed by atoms with van der Waals surface area (Å²) >= 11 is 0.